The molecule has 2 aromatic carbocycles. The third-order valence-electron chi connectivity index (χ3n) is 4.27. The van der Waals surface area contributed by atoms with Crippen molar-refractivity contribution in [1.29, 1.82) is 5.26 Å². The van der Waals surface area contributed by atoms with Crippen LogP contribution in [0.3, 0.4) is 0 Å². The normalized spacial score (nSPS) is 15.9. The van der Waals surface area contributed by atoms with Gasteiger partial charge in [0.15, 0.2) is 0 Å². The first-order valence-electron chi connectivity index (χ1n) is 7.97. The molecule has 1 saturated heterocycles. The Hall–Kier alpha value is -2.02. The largest absolute Gasteiger partial charge is 0.369 e. The van der Waals surface area contributed by atoms with Crippen molar-refractivity contribution in [1.82, 2.24) is 4.90 Å². The van der Waals surface area contributed by atoms with Gasteiger partial charge in [0.25, 0.3) is 0 Å². The van der Waals surface area contributed by atoms with Crippen molar-refractivity contribution in [3.05, 3.63) is 64.7 Å². The van der Waals surface area contributed by atoms with Crippen LogP contribution in [0.15, 0.2) is 48.5 Å². The molecule has 0 radical (unpaired) electrons. The van der Waals surface area contributed by atoms with Gasteiger partial charge in [0.1, 0.15) is 6.07 Å². The highest BCUT2D eigenvalue weighted by molar-refractivity contribution is 6.30. The molecule has 0 N–H and O–H groups in total. The van der Waals surface area contributed by atoms with Crippen LogP contribution in [0, 0.1) is 11.3 Å². The molecule has 0 saturated carbocycles. The lowest BCUT2D eigenvalue weighted by Crippen LogP contribution is -2.30. The van der Waals surface area contributed by atoms with Gasteiger partial charge in [-0.05, 0) is 36.2 Å². The summed E-state index contributed by atoms with van der Waals surface area (Å²) in [5.74, 6) is 0. The van der Waals surface area contributed by atoms with E-state index in [-0.39, 0.29) is 0 Å². The molecule has 3 nitrogen and oxygen atoms in total. The first-order chi connectivity index (χ1) is 11.3. The summed E-state index contributed by atoms with van der Waals surface area (Å²) >= 11 is 5.95. The fourth-order valence-electron chi connectivity index (χ4n) is 3.06. The Labute approximate surface area is 142 Å². The zero-order valence-electron chi connectivity index (χ0n) is 13.1. The molecule has 1 heterocycles. The maximum Gasteiger partial charge on any atom is 0.101 e. The molecule has 0 bridgehead atoms. The molecule has 0 aliphatic carbocycles. The fourth-order valence-corrected chi connectivity index (χ4v) is 3.19. The number of nitrogens with zero attached hydrogens (tertiary/aromatic N) is 3. The Balaban J connectivity index is 1.65. The molecular formula is C19H20ClN3. The summed E-state index contributed by atoms with van der Waals surface area (Å²) in [6.07, 6.45) is 1.10. The van der Waals surface area contributed by atoms with E-state index in [1.807, 2.05) is 36.4 Å². The van der Waals surface area contributed by atoms with E-state index in [0.29, 0.717) is 0 Å². The quantitative estimate of drug-likeness (QED) is 0.856. The molecule has 2 aromatic rings. The Morgan fingerprint density at radius 2 is 1.74 bits per heavy atom. The summed E-state index contributed by atoms with van der Waals surface area (Å²) in [4.78, 5) is 4.80. The van der Waals surface area contributed by atoms with E-state index in [1.165, 1.54) is 5.56 Å². The van der Waals surface area contributed by atoms with Crippen molar-refractivity contribution < 1.29 is 0 Å². The third-order valence-corrected chi connectivity index (χ3v) is 4.53. The molecule has 0 aromatic heterocycles. The van der Waals surface area contributed by atoms with Gasteiger partial charge in [0.2, 0.25) is 0 Å². The Morgan fingerprint density at radius 3 is 2.52 bits per heavy atom. The zero-order valence-corrected chi connectivity index (χ0v) is 13.8. The van der Waals surface area contributed by atoms with Crippen LogP contribution < -0.4 is 4.90 Å². The average molecular weight is 326 g/mol. The second-order valence-corrected chi connectivity index (χ2v) is 6.31. The maximum atomic E-state index is 9.29. The highest BCUT2D eigenvalue weighted by Gasteiger charge is 2.17. The predicted octanol–water partition coefficient (Wildman–Crippen LogP) is 3.92. The summed E-state index contributed by atoms with van der Waals surface area (Å²) in [6, 6.07) is 18.3. The van der Waals surface area contributed by atoms with E-state index in [0.717, 1.165) is 55.4 Å². The molecule has 4 heteroatoms. The van der Waals surface area contributed by atoms with E-state index >= 15 is 0 Å². The molecule has 0 amide bonds. The number of benzene rings is 2. The van der Waals surface area contributed by atoms with Gasteiger partial charge in [-0.25, -0.2) is 0 Å². The standard InChI is InChI=1S/C19H20ClN3/c20-18-8-6-16(7-9-18)15-22-10-3-11-23(13-12-22)19-5-2-1-4-17(19)14-21/h1-2,4-9H,3,10-13,15H2. The number of rotatable bonds is 3. The number of nitriles is 1. The minimum absolute atomic E-state index is 0.763. The van der Waals surface area contributed by atoms with Crippen molar-refractivity contribution >= 4 is 17.3 Å². The van der Waals surface area contributed by atoms with Gasteiger partial charge in [-0.2, -0.15) is 5.26 Å². The number of anilines is 1. The highest BCUT2D eigenvalue weighted by atomic mass is 35.5. The van der Waals surface area contributed by atoms with Gasteiger partial charge < -0.3 is 4.90 Å². The Kier molecular flexibility index (Phi) is 5.17. The zero-order chi connectivity index (χ0) is 16.1. The minimum atomic E-state index is 0.763. The van der Waals surface area contributed by atoms with Gasteiger partial charge in [0, 0.05) is 37.7 Å². The molecular weight excluding hydrogens is 306 g/mol. The van der Waals surface area contributed by atoms with E-state index in [1.54, 1.807) is 0 Å². The van der Waals surface area contributed by atoms with Gasteiger partial charge >= 0.3 is 0 Å². The lowest BCUT2D eigenvalue weighted by molar-refractivity contribution is 0.285. The van der Waals surface area contributed by atoms with E-state index in [9.17, 15) is 5.26 Å². The number of hydrogen-bond acceptors (Lipinski definition) is 3. The third kappa shape index (κ3) is 4.04. The molecule has 3 rings (SSSR count). The Morgan fingerprint density at radius 1 is 0.957 bits per heavy atom. The number of halogens is 1. The fraction of sp³-hybridized carbons (Fsp3) is 0.316. The molecule has 1 aliphatic heterocycles. The molecule has 118 valence electrons. The van der Waals surface area contributed by atoms with Crippen LogP contribution in [-0.4, -0.2) is 31.1 Å². The molecule has 0 unspecified atom stereocenters. The molecule has 1 aliphatic rings. The molecule has 1 fully saturated rings. The van der Waals surface area contributed by atoms with E-state index < -0.39 is 0 Å². The maximum absolute atomic E-state index is 9.29. The van der Waals surface area contributed by atoms with Crippen LogP contribution in [0.2, 0.25) is 5.02 Å². The van der Waals surface area contributed by atoms with Crippen molar-refractivity contribution in [3.63, 3.8) is 0 Å². The van der Waals surface area contributed by atoms with Crippen molar-refractivity contribution in [2.75, 3.05) is 31.1 Å². The van der Waals surface area contributed by atoms with Crippen LogP contribution in [-0.2, 0) is 6.54 Å². The van der Waals surface area contributed by atoms with Crippen LogP contribution in [0.25, 0.3) is 0 Å². The van der Waals surface area contributed by atoms with Gasteiger partial charge in [-0.3, -0.25) is 4.90 Å². The summed E-state index contributed by atoms with van der Waals surface area (Å²) in [5.41, 5.74) is 3.11. The average Bonchev–Trinajstić information content (AvgIpc) is 2.82. The second-order valence-electron chi connectivity index (χ2n) is 5.87. The SMILES string of the molecule is N#Cc1ccccc1N1CCCN(Cc2ccc(Cl)cc2)CC1. The second kappa shape index (κ2) is 7.50. The Bertz CT molecular complexity index is 691. The van der Waals surface area contributed by atoms with E-state index in [2.05, 4.69) is 28.0 Å². The van der Waals surface area contributed by atoms with Crippen LogP contribution in [0.1, 0.15) is 17.5 Å². The molecule has 0 spiro atoms. The summed E-state index contributed by atoms with van der Waals surface area (Å²) in [6.45, 7) is 4.98. The summed E-state index contributed by atoms with van der Waals surface area (Å²) in [5, 5.41) is 10.1. The smallest absolute Gasteiger partial charge is 0.101 e. The van der Waals surface area contributed by atoms with Gasteiger partial charge in [-0.15, -0.1) is 0 Å². The monoisotopic (exact) mass is 325 g/mol. The molecule has 23 heavy (non-hydrogen) atoms. The molecule has 0 atom stereocenters. The minimum Gasteiger partial charge on any atom is -0.369 e. The van der Waals surface area contributed by atoms with Crippen molar-refractivity contribution in [3.8, 4) is 6.07 Å². The number of hydrogen-bond donors (Lipinski definition) is 0. The van der Waals surface area contributed by atoms with Crippen LogP contribution in [0.4, 0.5) is 5.69 Å². The lowest BCUT2D eigenvalue weighted by Gasteiger charge is -2.24. The van der Waals surface area contributed by atoms with Crippen molar-refractivity contribution in [2.24, 2.45) is 0 Å². The topological polar surface area (TPSA) is 30.3 Å². The first kappa shape index (κ1) is 15.9. The highest BCUT2D eigenvalue weighted by Crippen LogP contribution is 2.21. The van der Waals surface area contributed by atoms with E-state index in [4.69, 9.17) is 11.6 Å². The number of para-hydroxylation sites is 1. The van der Waals surface area contributed by atoms with Gasteiger partial charge in [-0.1, -0.05) is 35.9 Å². The van der Waals surface area contributed by atoms with Gasteiger partial charge in [0.05, 0.1) is 11.3 Å². The summed E-state index contributed by atoms with van der Waals surface area (Å²) < 4.78 is 0. The predicted molar refractivity (Wildman–Crippen MR) is 94.7 cm³/mol. The summed E-state index contributed by atoms with van der Waals surface area (Å²) in [7, 11) is 0. The first-order valence-corrected chi connectivity index (χ1v) is 8.35. The van der Waals surface area contributed by atoms with Crippen LogP contribution >= 0.6 is 11.6 Å². The van der Waals surface area contributed by atoms with Crippen molar-refractivity contribution in [2.45, 2.75) is 13.0 Å². The lowest BCUT2D eigenvalue weighted by atomic mass is 10.1. The van der Waals surface area contributed by atoms with Crippen LogP contribution in [0.5, 0.6) is 0 Å².